The molecule has 0 atom stereocenters. The number of rotatable bonds is 4. The molecule has 0 amide bonds. The molecule has 0 radical (unpaired) electrons. The van der Waals surface area contributed by atoms with Crippen LogP contribution in [0, 0.1) is 12.3 Å². The third kappa shape index (κ3) is 2.66. The van der Waals surface area contributed by atoms with Crippen LogP contribution in [0.15, 0.2) is 32.7 Å². The van der Waals surface area contributed by atoms with Crippen LogP contribution in [0.3, 0.4) is 0 Å². The summed E-state index contributed by atoms with van der Waals surface area (Å²) in [6, 6.07) is 4.11. The number of benzene rings is 1. The number of sulfonamides is 1. The largest absolute Gasteiger partial charge is 0.332 e. The van der Waals surface area contributed by atoms with Crippen LogP contribution in [-0.4, -0.2) is 23.1 Å². The zero-order chi connectivity index (χ0) is 17.7. The van der Waals surface area contributed by atoms with Crippen LogP contribution in [0.5, 0.6) is 0 Å². The monoisotopic (exact) mass is 347 g/mol. The highest BCUT2D eigenvalue weighted by atomic mass is 32.2. The Hall–Kier alpha value is -2.37. The second-order valence-corrected chi connectivity index (χ2v) is 7.96. The summed E-state index contributed by atoms with van der Waals surface area (Å²) in [6.07, 6.45) is 6.84. The van der Waals surface area contributed by atoms with E-state index in [1.165, 1.54) is 29.8 Å². The molecular weight excluding hydrogens is 330 g/mol. The van der Waals surface area contributed by atoms with Crippen molar-refractivity contribution in [2.24, 2.45) is 7.05 Å². The Morgan fingerprint density at radius 2 is 2.00 bits per heavy atom. The minimum absolute atomic E-state index is 0.00806. The molecule has 1 aliphatic rings. The van der Waals surface area contributed by atoms with Gasteiger partial charge in [-0.25, -0.2) is 17.9 Å². The molecule has 1 heterocycles. The Labute approximate surface area is 139 Å². The Bertz CT molecular complexity index is 1100. The average Bonchev–Trinajstić information content (AvgIpc) is 3.25. The maximum Gasteiger partial charge on any atom is 0.332 e. The van der Waals surface area contributed by atoms with Gasteiger partial charge >= 0.3 is 5.69 Å². The Morgan fingerprint density at radius 3 is 2.58 bits per heavy atom. The molecule has 1 aromatic carbocycles. The minimum Gasteiger partial charge on any atom is -0.282 e. The van der Waals surface area contributed by atoms with E-state index < -0.39 is 26.8 Å². The summed E-state index contributed by atoms with van der Waals surface area (Å²) < 4.78 is 29.8. The molecule has 2 aromatic rings. The van der Waals surface area contributed by atoms with E-state index in [-0.39, 0.29) is 16.8 Å². The van der Waals surface area contributed by atoms with Crippen molar-refractivity contribution in [2.45, 2.75) is 36.7 Å². The van der Waals surface area contributed by atoms with Crippen molar-refractivity contribution in [1.29, 1.82) is 0 Å². The Balaban J connectivity index is 2.24. The normalized spacial score (nSPS) is 16.0. The maximum atomic E-state index is 12.5. The SMILES string of the molecule is C#CCn1c(=O)n(C)c(=O)c2cc(S(=O)(=O)NC3(C)CC3)ccc21. The molecule has 0 spiro atoms. The van der Waals surface area contributed by atoms with Crippen molar-refractivity contribution in [3.05, 3.63) is 39.0 Å². The molecule has 0 bridgehead atoms. The van der Waals surface area contributed by atoms with Gasteiger partial charge < -0.3 is 0 Å². The quantitative estimate of drug-likeness (QED) is 0.798. The van der Waals surface area contributed by atoms with Crippen molar-refractivity contribution in [2.75, 3.05) is 0 Å². The van der Waals surface area contributed by atoms with Crippen molar-refractivity contribution >= 4 is 20.9 Å². The molecule has 0 aliphatic heterocycles. The number of nitrogens with zero attached hydrogens (tertiary/aromatic N) is 2. The smallest absolute Gasteiger partial charge is 0.282 e. The van der Waals surface area contributed by atoms with E-state index in [1.54, 1.807) is 0 Å². The van der Waals surface area contributed by atoms with E-state index in [1.807, 2.05) is 6.92 Å². The molecule has 24 heavy (non-hydrogen) atoms. The van der Waals surface area contributed by atoms with Gasteiger partial charge in [-0.2, -0.15) is 0 Å². The van der Waals surface area contributed by atoms with Gasteiger partial charge in [-0.3, -0.25) is 13.9 Å². The van der Waals surface area contributed by atoms with E-state index >= 15 is 0 Å². The lowest BCUT2D eigenvalue weighted by molar-refractivity contribution is 0.558. The molecule has 8 heteroatoms. The van der Waals surface area contributed by atoms with Gasteiger partial charge in [0.25, 0.3) is 5.56 Å². The van der Waals surface area contributed by atoms with Crippen LogP contribution in [0.1, 0.15) is 19.8 Å². The van der Waals surface area contributed by atoms with Gasteiger partial charge in [-0.05, 0) is 38.0 Å². The summed E-state index contributed by atoms with van der Waals surface area (Å²) in [5.41, 5.74) is -1.19. The molecule has 0 unspecified atom stereocenters. The van der Waals surface area contributed by atoms with Crippen molar-refractivity contribution in [1.82, 2.24) is 13.9 Å². The molecule has 3 rings (SSSR count). The predicted molar refractivity (Wildman–Crippen MR) is 90.2 cm³/mol. The fraction of sp³-hybridized carbons (Fsp3) is 0.375. The summed E-state index contributed by atoms with van der Waals surface area (Å²) in [5, 5.41) is 0.135. The fourth-order valence-corrected chi connectivity index (χ4v) is 4.05. The van der Waals surface area contributed by atoms with Crippen LogP contribution in [-0.2, 0) is 23.6 Å². The molecule has 1 aromatic heterocycles. The zero-order valence-electron chi connectivity index (χ0n) is 13.4. The molecular formula is C16H17N3O4S. The number of nitrogens with one attached hydrogen (secondary N) is 1. The van der Waals surface area contributed by atoms with E-state index in [0.29, 0.717) is 5.52 Å². The van der Waals surface area contributed by atoms with Gasteiger partial charge in [-0.1, -0.05) is 5.92 Å². The highest BCUT2D eigenvalue weighted by Crippen LogP contribution is 2.36. The maximum absolute atomic E-state index is 12.5. The highest BCUT2D eigenvalue weighted by molar-refractivity contribution is 7.89. The first-order chi connectivity index (χ1) is 11.2. The number of terminal acetylenes is 1. The van der Waals surface area contributed by atoms with E-state index in [2.05, 4.69) is 10.6 Å². The van der Waals surface area contributed by atoms with Gasteiger partial charge in [0.05, 0.1) is 22.3 Å². The average molecular weight is 347 g/mol. The molecule has 1 saturated carbocycles. The number of fused-ring (bicyclic) bond motifs is 1. The van der Waals surface area contributed by atoms with E-state index in [4.69, 9.17) is 6.42 Å². The fourth-order valence-electron chi connectivity index (χ4n) is 2.56. The summed E-state index contributed by atoms with van der Waals surface area (Å²) in [7, 11) is -2.40. The molecule has 0 saturated heterocycles. The number of aromatic nitrogens is 2. The molecule has 126 valence electrons. The van der Waals surface area contributed by atoms with Gasteiger partial charge in [0, 0.05) is 12.6 Å². The van der Waals surface area contributed by atoms with Gasteiger partial charge in [0.15, 0.2) is 0 Å². The number of hydrogen-bond donors (Lipinski definition) is 1. The summed E-state index contributed by atoms with van der Waals surface area (Å²) in [4.78, 5) is 24.5. The first kappa shape index (κ1) is 16.5. The summed E-state index contributed by atoms with van der Waals surface area (Å²) in [5.74, 6) is 2.36. The lowest BCUT2D eigenvalue weighted by atomic mass is 10.2. The third-order valence-electron chi connectivity index (χ3n) is 4.25. The highest BCUT2D eigenvalue weighted by Gasteiger charge is 2.41. The van der Waals surface area contributed by atoms with Crippen LogP contribution in [0.2, 0.25) is 0 Å². The Morgan fingerprint density at radius 1 is 1.33 bits per heavy atom. The van der Waals surface area contributed by atoms with E-state index in [9.17, 15) is 18.0 Å². The molecule has 7 nitrogen and oxygen atoms in total. The third-order valence-corrected chi connectivity index (χ3v) is 5.89. The second-order valence-electron chi connectivity index (χ2n) is 6.28. The Kier molecular flexibility index (Phi) is 3.66. The van der Waals surface area contributed by atoms with Crippen molar-refractivity contribution in [3.8, 4) is 12.3 Å². The standard InChI is InChI=1S/C16H17N3O4S/c1-4-9-19-13-6-5-11(24(22,23)17-16(2)7-8-16)10-12(13)14(20)18(3)15(19)21/h1,5-6,10,17H,7-9H2,2-3H3. The minimum atomic E-state index is -3.74. The molecule has 1 fully saturated rings. The first-order valence-corrected chi connectivity index (χ1v) is 8.88. The lowest BCUT2D eigenvalue weighted by Gasteiger charge is -2.14. The van der Waals surface area contributed by atoms with Crippen LogP contribution in [0.25, 0.3) is 10.9 Å². The summed E-state index contributed by atoms with van der Waals surface area (Å²) in [6.45, 7) is 1.82. The first-order valence-electron chi connectivity index (χ1n) is 7.40. The van der Waals surface area contributed by atoms with Gasteiger partial charge in [0.2, 0.25) is 10.0 Å². The second kappa shape index (κ2) is 5.33. The molecule has 1 aliphatic carbocycles. The van der Waals surface area contributed by atoms with Crippen LogP contribution >= 0.6 is 0 Å². The number of hydrogen-bond acceptors (Lipinski definition) is 4. The summed E-state index contributed by atoms with van der Waals surface area (Å²) >= 11 is 0. The topological polar surface area (TPSA) is 90.2 Å². The molecule has 1 N–H and O–H groups in total. The van der Waals surface area contributed by atoms with E-state index in [0.717, 1.165) is 17.4 Å². The van der Waals surface area contributed by atoms with Crippen LogP contribution < -0.4 is 16.0 Å². The van der Waals surface area contributed by atoms with Crippen LogP contribution in [0.4, 0.5) is 0 Å². The van der Waals surface area contributed by atoms with Crippen molar-refractivity contribution < 1.29 is 8.42 Å². The lowest BCUT2D eigenvalue weighted by Crippen LogP contribution is -2.38. The zero-order valence-corrected chi connectivity index (χ0v) is 14.2. The van der Waals surface area contributed by atoms with Gasteiger partial charge in [-0.15, -0.1) is 6.42 Å². The van der Waals surface area contributed by atoms with Gasteiger partial charge in [0.1, 0.15) is 0 Å². The van der Waals surface area contributed by atoms with Crippen molar-refractivity contribution in [3.63, 3.8) is 0 Å². The predicted octanol–water partition coefficient (Wildman–Crippen LogP) is 0.164.